The molecule has 0 aliphatic heterocycles. The number of fused-ring (bicyclic) bond motifs is 1. The molecule has 0 saturated heterocycles. The van der Waals surface area contributed by atoms with Crippen LogP contribution in [0.1, 0.15) is 10.4 Å². The van der Waals surface area contributed by atoms with Crippen molar-refractivity contribution >= 4 is 39.9 Å². The number of ketones is 1. The molecular weight excluding hydrogens is 385 g/mol. The van der Waals surface area contributed by atoms with Crippen LogP contribution in [0, 0.1) is 0 Å². The molecule has 134 valence electrons. The van der Waals surface area contributed by atoms with E-state index in [-0.39, 0.29) is 22.4 Å². The second-order valence-electron chi connectivity index (χ2n) is 5.98. The zero-order valence-corrected chi connectivity index (χ0v) is 15.5. The predicted octanol–water partition coefficient (Wildman–Crippen LogP) is 4.58. The predicted molar refractivity (Wildman–Crippen MR) is 107 cm³/mol. The van der Waals surface area contributed by atoms with Gasteiger partial charge in [-0.25, -0.2) is 4.68 Å². The maximum Gasteiger partial charge on any atom is 0.287 e. The first-order valence-electron chi connectivity index (χ1n) is 8.16. The Balaban J connectivity index is 1.85. The molecule has 27 heavy (non-hydrogen) atoms. The quantitative estimate of drug-likeness (QED) is 0.512. The van der Waals surface area contributed by atoms with Crippen LogP contribution in [0.25, 0.3) is 22.2 Å². The lowest BCUT2D eigenvalue weighted by Crippen LogP contribution is -2.27. The van der Waals surface area contributed by atoms with Gasteiger partial charge in [-0.2, -0.15) is 5.10 Å². The number of H-pyrrole nitrogens is 1. The Morgan fingerprint density at radius 1 is 1.04 bits per heavy atom. The average Bonchev–Trinajstić information content (AvgIpc) is 3.09. The van der Waals surface area contributed by atoms with E-state index in [1.54, 1.807) is 0 Å². The average molecular weight is 398 g/mol. The smallest absolute Gasteiger partial charge is 0.287 e. The van der Waals surface area contributed by atoms with Gasteiger partial charge in [0.1, 0.15) is 11.6 Å². The van der Waals surface area contributed by atoms with Crippen LogP contribution in [0.3, 0.4) is 0 Å². The van der Waals surface area contributed by atoms with Gasteiger partial charge in [-0.3, -0.25) is 9.59 Å². The lowest BCUT2D eigenvalue weighted by molar-refractivity contribution is 0.0968. The maximum atomic E-state index is 13.1. The maximum absolute atomic E-state index is 13.1. The van der Waals surface area contributed by atoms with E-state index >= 15 is 0 Å². The van der Waals surface area contributed by atoms with Gasteiger partial charge in [0, 0.05) is 10.9 Å². The molecule has 1 N–H and O–H groups in total. The van der Waals surface area contributed by atoms with Crippen molar-refractivity contribution in [3.63, 3.8) is 0 Å². The Bertz CT molecular complexity index is 1210. The summed E-state index contributed by atoms with van der Waals surface area (Å²) in [6.07, 6.45) is 1.26. The summed E-state index contributed by atoms with van der Waals surface area (Å²) in [5.74, 6) is -0.251. The fourth-order valence-electron chi connectivity index (χ4n) is 3.03. The lowest BCUT2D eigenvalue weighted by atomic mass is 10.0. The molecule has 4 rings (SSSR count). The summed E-state index contributed by atoms with van der Waals surface area (Å²) in [7, 11) is 0. The van der Waals surface area contributed by atoms with Crippen LogP contribution in [0.4, 0.5) is 0 Å². The van der Waals surface area contributed by atoms with E-state index in [4.69, 9.17) is 23.2 Å². The minimum absolute atomic E-state index is 0.0578. The van der Waals surface area contributed by atoms with Crippen LogP contribution >= 0.6 is 23.2 Å². The van der Waals surface area contributed by atoms with Crippen molar-refractivity contribution in [1.29, 1.82) is 0 Å². The second-order valence-corrected chi connectivity index (χ2v) is 6.76. The number of Topliss-reactive ketones (excluding diaryl/α,β-unsaturated/α-hetero) is 1. The number of para-hydroxylation sites is 1. The third-order valence-corrected chi connectivity index (χ3v) is 5.03. The van der Waals surface area contributed by atoms with E-state index in [0.29, 0.717) is 11.3 Å². The minimum Gasteiger partial charge on any atom is -0.354 e. The van der Waals surface area contributed by atoms with Gasteiger partial charge in [-0.15, -0.1) is 0 Å². The number of aromatic amines is 1. The Hall–Kier alpha value is -2.89. The molecule has 2 aromatic carbocycles. The van der Waals surface area contributed by atoms with Gasteiger partial charge < -0.3 is 4.98 Å². The third-order valence-electron chi connectivity index (χ3n) is 4.28. The van der Waals surface area contributed by atoms with Gasteiger partial charge in [0.15, 0.2) is 5.78 Å². The molecule has 0 amide bonds. The lowest BCUT2D eigenvalue weighted by Gasteiger charge is -2.07. The fraction of sp³-hybridized carbons (Fsp3) is 0.0500. The highest BCUT2D eigenvalue weighted by atomic mass is 35.5. The number of hydrogen-bond donors (Lipinski definition) is 1. The van der Waals surface area contributed by atoms with Gasteiger partial charge in [0.2, 0.25) is 0 Å². The Kier molecular flexibility index (Phi) is 4.56. The zero-order chi connectivity index (χ0) is 19.0. The van der Waals surface area contributed by atoms with Gasteiger partial charge >= 0.3 is 0 Å². The van der Waals surface area contributed by atoms with Crippen LogP contribution in [0.15, 0.2) is 65.6 Å². The molecule has 0 bridgehead atoms. The van der Waals surface area contributed by atoms with Crippen molar-refractivity contribution < 1.29 is 4.79 Å². The number of nitrogens with one attached hydrogen (secondary N) is 1. The van der Waals surface area contributed by atoms with Crippen LogP contribution in [0.5, 0.6) is 0 Å². The van der Waals surface area contributed by atoms with Gasteiger partial charge in [-0.05, 0) is 11.6 Å². The van der Waals surface area contributed by atoms with Gasteiger partial charge in [0.05, 0.1) is 22.5 Å². The van der Waals surface area contributed by atoms with Gasteiger partial charge in [0.25, 0.3) is 5.56 Å². The molecule has 7 heteroatoms. The molecule has 0 fully saturated rings. The van der Waals surface area contributed by atoms with E-state index < -0.39 is 5.56 Å². The highest BCUT2D eigenvalue weighted by molar-refractivity contribution is 6.41. The SMILES string of the molecule is O=C(Cn1ncc(Cl)c(Cl)c1=O)c1c(-c2ccccc2)[nH]c2ccccc12. The number of hydrogen-bond acceptors (Lipinski definition) is 3. The molecule has 0 spiro atoms. The number of carbonyl (C=O) groups excluding carboxylic acids is 1. The zero-order valence-electron chi connectivity index (χ0n) is 13.9. The van der Waals surface area contributed by atoms with E-state index in [9.17, 15) is 9.59 Å². The number of halogens is 2. The minimum atomic E-state index is -0.599. The molecule has 0 unspecified atom stereocenters. The number of carbonyl (C=O) groups is 1. The van der Waals surface area contributed by atoms with Crippen molar-refractivity contribution in [2.24, 2.45) is 0 Å². The van der Waals surface area contributed by atoms with Crippen LogP contribution < -0.4 is 5.56 Å². The normalized spacial score (nSPS) is 11.0. The molecule has 2 aromatic heterocycles. The Labute approximate surface area is 164 Å². The summed E-state index contributed by atoms with van der Waals surface area (Å²) in [5, 5.41) is 4.62. The first kappa shape index (κ1) is 17.5. The van der Waals surface area contributed by atoms with E-state index in [2.05, 4.69) is 10.1 Å². The molecule has 0 radical (unpaired) electrons. The Morgan fingerprint density at radius 3 is 2.52 bits per heavy atom. The fourth-order valence-corrected chi connectivity index (χ4v) is 3.30. The van der Waals surface area contributed by atoms with Crippen LogP contribution in [-0.4, -0.2) is 20.5 Å². The number of aromatic nitrogens is 3. The summed E-state index contributed by atoms with van der Waals surface area (Å²) in [6.45, 7) is -0.239. The molecule has 4 aromatic rings. The first-order valence-corrected chi connectivity index (χ1v) is 8.92. The van der Waals surface area contributed by atoms with Crippen molar-refractivity contribution in [2.45, 2.75) is 6.54 Å². The first-order chi connectivity index (χ1) is 13.1. The van der Waals surface area contributed by atoms with Crippen LogP contribution in [-0.2, 0) is 6.54 Å². The molecule has 0 saturated carbocycles. The molecule has 0 aliphatic rings. The number of rotatable bonds is 4. The molecule has 5 nitrogen and oxygen atoms in total. The molecular formula is C20H13Cl2N3O2. The highest BCUT2D eigenvalue weighted by Gasteiger charge is 2.21. The second kappa shape index (κ2) is 7.02. The van der Waals surface area contributed by atoms with E-state index in [1.807, 2.05) is 54.6 Å². The molecule has 2 heterocycles. The third kappa shape index (κ3) is 3.16. The molecule has 0 aliphatic carbocycles. The summed E-state index contributed by atoms with van der Waals surface area (Å²) < 4.78 is 1.02. The number of benzene rings is 2. The van der Waals surface area contributed by atoms with Crippen LogP contribution in [0.2, 0.25) is 10.0 Å². The highest BCUT2D eigenvalue weighted by Crippen LogP contribution is 2.31. The summed E-state index contributed by atoms with van der Waals surface area (Å²) >= 11 is 11.7. The van der Waals surface area contributed by atoms with Crippen molar-refractivity contribution in [3.8, 4) is 11.3 Å². The van der Waals surface area contributed by atoms with Crippen molar-refractivity contribution in [1.82, 2.24) is 14.8 Å². The summed E-state index contributed by atoms with van der Waals surface area (Å²) in [5.41, 5.74) is 2.34. The monoisotopic (exact) mass is 397 g/mol. The van der Waals surface area contributed by atoms with Crippen molar-refractivity contribution in [2.75, 3.05) is 0 Å². The largest absolute Gasteiger partial charge is 0.354 e. The Morgan fingerprint density at radius 2 is 1.74 bits per heavy atom. The van der Waals surface area contributed by atoms with E-state index in [1.165, 1.54) is 6.20 Å². The summed E-state index contributed by atoms with van der Waals surface area (Å²) in [6, 6.07) is 17.1. The van der Waals surface area contributed by atoms with E-state index in [0.717, 1.165) is 21.1 Å². The summed E-state index contributed by atoms with van der Waals surface area (Å²) in [4.78, 5) is 28.7. The molecule has 0 atom stereocenters. The topological polar surface area (TPSA) is 67.8 Å². The van der Waals surface area contributed by atoms with Gasteiger partial charge in [-0.1, -0.05) is 71.7 Å². The standard InChI is InChI=1S/C20H13Cl2N3O2/c21-14-10-23-25(20(27)18(14)22)11-16(26)17-13-8-4-5-9-15(13)24-19(17)12-6-2-1-3-7-12/h1-10,24H,11H2. The van der Waals surface area contributed by atoms with Crippen molar-refractivity contribution in [3.05, 3.63) is 86.8 Å². The number of nitrogens with zero attached hydrogens (tertiary/aromatic N) is 2.